The second kappa shape index (κ2) is 7.51. The third kappa shape index (κ3) is 4.07. The first-order chi connectivity index (χ1) is 12.0. The molecule has 1 aliphatic rings. The number of anilines is 1. The van der Waals surface area contributed by atoms with Gasteiger partial charge in [0.05, 0.1) is 12.0 Å². The second-order valence-electron chi connectivity index (χ2n) is 6.69. The molecule has 0 bridgehead atoms. The van der Waals surface area contributed by atoms with Crippen molar-refractivity contribution in [3.05, 3.63) is 47.8 Å². The lowest BCUT2D eigenvalue weighted by molar-refractivity contribution is -0.141. The van der Waals surface area contributed by atoms with E-state index in [2.05, 4.69) is 10.4 Å². The van der Waals surface area contributed by atoms with Gasteiger partial charge >= 0.3 is 5.97 Å². The quantitative estimate of drug-likeness (QED) is 0.842. The first-order valence-electron chi connectivity index (χ1n) is 8.71. The molecule has 0 radical (unpaired) electrons. The van der Waals surface area contributed by atoms with Crippen LogP contribution in [0.4, 0.5) is 5.69 Å². The summed E-state index contributed by atoms with van der Waals surface area (Å²) < 4.78 is 1.84. The van der Waals surface area contributed by atoms with E-state index in [9.17, 15) is 9.59 Å². The summed E-state index contributed by atoms with van der Waals surface area (Å²) in [5.41, 5.74) is 2.20. The molecule has 2 aromatic rings. The number of aliphatic carboxylic acids is 1. The zero-order valence-corrected chi connectivity index (χ0v) is 14.3. The summed E-state index contributed by atoms with van der Waals surface area (Å²) in [5, 5.41) is 16.2. The highest BCUT2D eigenvalue weighted by atomic mass is 16.4. The molecular formula is C19H23N3O3. The molecular weight excluding hydrogens is 318 g/mol. The maximum absolute atomic E-state index is 12.6. The number of aromatic nitrogens is 2. The molecule has 0 saturated heterocycles. The fraction of sp³-hybridized carbons (Fsp3) is 0.421. The zero-order chi connectivity index (χ0) is 17.8. The molecule has 2 N–H and O–H groups in total. The normalized spacial score (nSPS) is 15.9. The van der Waals surface area contributed by atoms with Gasteiger partial charge in [-0.3, -0.25) is 14.3 Å². The molecule has 3 rings (SSSR count). The highest BCUT2D eigenvalue weighted by Crippen LogP contribution is 2.30. The zero-order valence-electron chi connectivity index (χ0n) is 14.3. The number of nitrogens with one attached hydrogen (secondary N) is 1. The van der Waals surface area contributed by atoms with Gasteiger partial charge in [-0.05, 0) is 43.0 Å². The van der Waals surface area contributed by atoms with Crippen molar-refractivity contribution in [2.45, 2.75) is 45.1 Å². The van der Waals surface area contributed by atoms with E-state index >= 15 is 0 Å². The number of carbonyl (C=O) groups excluding carboxylic acids is 1. The molecule has 1 saturated carbocycles. The Hall–Kier alpha value is -2.63. The van der Waals surface area contributed by atoms with Gasteiger partial charge in [0.15, 0.2) is 0 Å². The van der Waals surface area contributed by atoms with E-state index in [-0.39, 0.29) is 5.91 Å². The molecule has 1 aliphatic carbocycles. The molecule has 132 valence electrons. The van der Waals surface area contributed by atoms with Crippen LogP contribution in [-0.2, 0) is 11.2 Å². The lowest BCUT2D eigenvalue weighted by Gasteiger charge is -2.14. The van der Waals surface area contributed by atoms with Crippen molar-refractivity contribution in [1.29, 1.82) is 0 Å². The van der Waals surface area contributed by atoms with Crippen LogP contribution < -0.4 is 5.32 Å². The molecule has 6 nitrogen and oxygen atoms in total. The minimum atomic E-state index is -0.808. The maximum Gasteiger partial charge on any atom is 0.306 e. The average Bonchev–Trinajstić information content (AvgIpc) is 3.27. The summed E-state index contributed by atoms with van der Waals surface area (Å²) in [6.45, 7) is 1.68. The Labute approximate surface area is 146 Å². The number of benzene rings is 1. The van der Waals surface area contributed by atoms with Crippen LogP contribution in [0.3, 0.4) is 0 Å². The lowest BCUT2D eigenvalue weighted by atomic mass is 10.0. The molecule has 1 amide bonds. The highest BCUT2D eigenvalue weighted by Gasteiger charge is 2.22. The maximum atomic E-state index is 12.6. The van der Waals surface area contributed by atoms with E-state index in [1.807, 2.05) is 16.8 Å². The number of amides is 1. The van der Waals surface area contributed by atoms with Crippen LogP contribution in [0.2, 0.25) is 0 Å². The number of hydrogen-bond donors (Lipinski definition) is 2. The van der Waals surface area contributed by atoms with Crippen molar-refractivity contribution in [1.82, 2.24) is 9.78 Å². The first-order valence-corrected chi connectivity index (χ1v) is 8.71. The predicted octanol–water partition coefficient (Wildman–Crippen LogP) is 3.51. The Morgan fingerprint density at radius 3 is 2.56 bits per heavy atom. The van der Waals surface area contributed by atoms with Crippen LogP contribution in [0.1, 0.15) is 54.7 Å². The average molecular weight is 341 g/mol. The van der Waals surface area contributed by atoms with Crippen molar-refractivity contribution >= 4 is 17.6 Å². The summed E-state index contributed by atoms with van der Waals surface area (Å²) in [4.78, 5) is 23.5. The molecule has 6 heteroatoms. The van der Waals surface area contributed by atoms with Crippen molar-refractivity contribution in [3.8, 4) is 0 Å². The van der Waals surface area contributed by atoms with Gasteiger partial charge in [-0.25, -0.2) is 0 Å². The molecule has 1 atom stereocenters. The standard InChI is InChI=1S/C19H23N3O3/c1-13(19(24)25)12-14-6-8-15(9-7-14)21-18(23)17-10-11-20-22(17)16-4-2-3-5-16/h6-11,13,16H,2-5,12H2,1H3,(H,21,23)(H,24,25). The van der Waals surface area contributed by atoms with Crippen LogP contribution in [0.25, 0.3) is 0 Å². The number of carbonyl (C=O) groups is 2. The van der Waals surface area contributed by atoms with Gasteiger partial charge in [0, 0.05) is 11.9 Å². The largest absolute Gasteiger partial charge is 0.481 e. The van der Waals surface area contributed by atoms with Crippen LogP contribution >= 0.6 is 0 Å². The minimum Gasteiger partial charge on any atom is -0.481 e. The molecule has 25 heavy (non-hydrogen) atoms. The monoisotopic (exact) mass is 341 g/mol. The lowest BCUT2D eigenvalue weighted by Crippen LogP contribution is -2.20. The highest BCUT2D eigenvalue weighted by molar-refractivity contribution is 6.03. The van der Waals surface area contributed by atoms with Crippen molar-refractivity contribution < 1.29 is 14.7 Å². The topological polar surface area (TPSA) is 84.2 Å². The van der Waals surface area contributed by atoms with Gasteiger partial charge in [-0.15, -0.1) is 0 Å². The van der Waals surface area contributed by atoms with Crippen LogP contribution in [0, 0.1) is 5.92 Å². The van der Waals surface area contributed by atoms with Crippen molar-refractivity contribution in [3.63, 3.8) is 0 Å². The van der Waals surface area contributed by atoms with Crippen molar-refractivity contribution in [2.24, 2.45) is 5.92 Å². The fourth-order valence-electron chi connectivity index (χ4n) is 3.29. The van der Waals surface area contributed by atoms with Crippen molar-refractivity contribution in [2.75, 3.05) is 5.32 Å². The summed E-state index contributed by atoms with van der Waals surface area (Å²) in [6, 6.07) is 9.37. The van der Waals surface area contributed by atoms with E-state index < -0.39 is 11.9 Å². The molecule has 0 aliphatic heterocycles. The predicted molar refractivity (Wildman–Crippen MR) is 94.6 cm³/mol. The molecule has 1 aromatic heterocycles. The van der Waals surface area contributed by atoms with Gasteiger partial charge < -0.3 is 10.4 Å². The Morgan fingerprint density at radius 2 is 1.92 bits per heavy atom. The van der Waals surface area contributed by atoms with Crippen LogP contribution in [0.15, 0.2) is 36.5 Å². The van der Waals surface area contributed by atoms with Crippen LogP contribution in [-0.4, -0.2) is 26.8 Å². The number of hydrogen-bond acceptors (Lipinski definition) is 3. The molecule has 1 aromatic carbocycles. The number of rotatable bonds is 6. The molecule has 0 spiro atoms. The molecule has 1 heterocycles. The van der Waals surface area contributed by atoms with E-state index in [0.717, 1.165) is 18.4 Å². The van der Waals surface area contributed by atoms with E-state index in [0.29, 0.717) is 23.8 Å². The van der Waals surface area contributed by atoms with E-state index in [4.69, 9.17) is 5.11 Å². The smallest absolute Gasteiger partial charge is 0.306 e. The number of carboxylic acids is 1. The summed E-state index contributed by atoms with van der Waals surface area (Å²) in [7, 11) is 0. The third-order valence-electron chi connectivity index (χ3n) is 4.75. The summed E-state index contributed by atoms with van der Waals surface area (Å²) >= 11 is 0. The van der Waals surface area contributed by atoms with Gasteiger partial charge in [0.25, 0.3) is 5.91 Å². The Balaban J connectivity index is 1.65. The SMILES string of the molecule is CC(Cc1ccc(NC(=O)c2ccnn2C2CCCC2)cc1)C(=O)O. The Kier molecular flexibility index (Phi) is 5.16. The number of carboxylic acid groups (broad SMARTS) is 1. The van der Waals surface area contributed by atoms with Gasteiger partial charge in [-0.1, -0.05) is 31.9 Å². The van der Waals surface area contributed by atoms with Crippen LogP contribution in [0.5, 0.6) is 0 Å². The van der Waals surface area contributed by atoms with Gasteiger partial charge in [0.1, 0.15) is 5.69 Å². The third-order valence-corrected chi connectivity index (χ3v) is 4.75. The second-order valence-corrected chi connectivity index (χ2v) is 6.69. The fourth-order valence-corrected chi connectivity index (χ4v) is 3.29. The molecule has 1 fully saturated rings. The summed E-state index contributed by atoms with van der Waals surface area (Å²) in [6.07, 6.45) is 6.64. The Bertz CT molecular complexity index is 746. The van der Waals surface area contributed by atoms with Gasteiger partial charge in [-0.2, -0.15) is 5.10 Å². The van der Waals surface area contributed by atoms with Gasteiger partial charge in [0.2, 0.25) is 0 Å². The summed E-state index contributed by atoms with van der Waals surface area (Å²) in [5.74, 6) is -1.41. The number of nitrogens with zero attached hydrogens (tertiary/aromatic N) is 2. The van der Waals surface area contributed by atoms with E-state index in [1.165, 1.54) is 12.8 Å². The Morgan fingerprint density at radius 1 is 1.24 bits per heavy atom. The minimum absolute atomic E-state index is 0.170. The first kappa shape index (κ1) is 17.2. The van der Waals surface area contributed by atoms with E-state index in [1.54, 1.807) is 31.3 Å². The molecule has 1 unspecified atom stereocenters.